The third-order valence-electron chi connectivity index (χ3n) is 3.90. The van der Waals surface area contributed by atoms with Crippen molar-refractivity contribution < 1.29 is 8.42 Å². The second kappa shape index (κ2) is 7.02. The monoisotopic (exact) mass is 316 g/mol. The minimum absolute atomic E-state index is 0.0426. The molecule has 1 saturated carbocycles. The van der Waals surface area contributed by atoms with Gasteiger partial charge in [0.2, 0.25) is 10.0 Å². The number of rotatable bonds is 8. The summed E-state index contributed by atoms with van der Waals surface area (Å²) in [5.41, 5.74) is 0. The SMILES string of the molecule is CCNCCc1ccc(S(=O)(=O)NC(C)C2CCC2)s1. The highest BCUT2D eigenvalue weighted by Gasteiger charge is 2.28. The second-order valence-electron chi connectivity index (χ2n) is 5.43. The molecule has 6 heteroatoms. The fraction of sp³-hybridized carbons (Fsp3) is 0.714. The number of sulfonamides is 1. The molecule has 0 spiro atoms. The molecular formula is C14H24N2O2S2. The third-order valence-corrected chi connectivity index (χ3v) is 7.09. The van der Waals surface area contributed by atoms with Gasteiger partial charge in [0, 0.05) is 10.9 Å². The Labute approximate surface area is 126 Å². The van der Waals surface area contributed by atoms with E-state index in [9.17, 15) is 8.42 Å². The summed E-state index contributed by atoms with van der Waals surface area (Å²) < 4.78 is 27.9. The van der Waals surface area contributed by atoms with Crippen LogP contribution in [0.2, 0.25) is 0 Å². The molecule has 1 unspecified atom stereocenters. The Balaban J connectivity index is 1.94. The van der Waals surface area contributed by atoms with Crippen molar-refractivity contribution in [3.8, 4) is 0 Å². The molecule has 0 bridgehead atoms. The van der Waals surface area contributed by atoms with Crippen LogP contribution in [-0.4, -0.2) is 27.5 Å². The molecule has 0 aromatic carbocycles. The van der Waals surface area contributed by atoms with E-state index < -0.39 is 10.0 Å². The van der Waals surface area contributed by atoms with Gasteiger partial charge in [0.15, 0.2) is 0 Å². The van der Waals surface area contributed by atoms with Crippen molar-refractivity contribution in [3.05, 3.63) is 17.0 Å². The zero-order chi connectivity index (χ0) is 14.6. The highest BCUT2D eigenvalue weighted by Crippen LogP contribution is 2.30. The molecule has 0 amide bonds. The normalized spacial score (nSPS) is 17.9. The fourth-order valence-corrected chi connectivity index (χ4v) is 5.05. The van der Waals surface area contributed by atoms with Gasteiger partial charge >= 0.3 is 0 Å². The predicted molar refractivity (Wildman–Crippen MR) is 83.7 cm³/mol. The Morgan fingerprint density at radius 2 is 2.15 bits per heavy atom. The molecule has 2 N–H and O–H groups in total. The summed E-state index contributed by atoms with van der Waals surface area (Å²) in [6.07, 6.45) is 4.39. The van der Waals surface area contributed by atoms with Gasteiger partial charge < -0.3 is 5.32 Å². The van der Waals surface area contributed by atoms with Gasteiger partial charge in [-0.2, -0.15) is 0 Å². The van der Waals surface area contributed by atoms with E-state index in [0.29, 0.717) is 10.1 Å². The van der Waals surface area contributed by atoms with E-state index in [1.807, 2.05) is 13.0 Å². The highest BCUT2D eigenvalue weighted by molar-refractivity contribution is 7.91. The van der Waals surface area contributed by atoms with Crippen molar-refractivity contribution in [3.63, 3.8) is 0 Å². The van der Waals surface area contributed by atoms with Crippen LogP contribution in [0.1, 0.15) is 38.0 Å². The van der Waals surface area contributed by atoms with E-state index in [4.69, 9.17) is 0 Å². The minimum atomic E-state index is -3.34. The van der Waals surface area contributed by atoms with Gasteiger partial charge in [-0.25, -0.2) is 13.1 Å². The lowest BCUT2D eigenvalue weighted by atomic mass is 9.81. The average molecular weight is 316 g/mol. The Morgan fingerprint density at radius 1 is 1.40 bits per heavy atom. The highest BCUT2D eigenvalue weighted by atomic mass is 32.2. The summed E-state index contributed by atoms with van der Waals surface area (Å²) in [6.45, 7) is 5.87. The van der Waals surface area contributed by atoms with Crippen LogP contribution < -0.4 is 10.0 Å². The molecule has 114 valence electrons. The molecule has 1 aliphatic rings. The largest absolute Gasteiger partial charge is 0.317 e. The van der Waals surface area contributed by atoms with Crippen LogP contribution >= 0.6 is 11.3 Å². The van der Waals surface area contributed by atoms with Crippen LogP contribution in [-0.2, 0) is 16.4 Å². The number of thiophene rings is 1. The molecule has 1 fully saturated rings. The van der Waals surface area contributed by atoms with E-state index >= 15 is 0 Å². The predicted octanol–water partition coefficient (Wildman–Crippen LogP) is 2.37. The lowest BCUT2D eigenvalue weighted by molar-refractivity contribution is 0.260. The standard InChI is InChI=1S/C14H24N2O2S2/c1-3-15-10-9-13-7-8-14(19-13)20(17,18)16-11(2)12-5-4-6-12/h7-8,11-12,15-16H,3-6,9-10H2,1-2H3. The first-order valence-electron chi connectivity index (χ1n) is 7.34. The summed E-state index contributed by atoms with van der Waals surface area (Å²) in [5, 5.41) is 3.25. The van der Waals surface area contributed by atoms with Crippen LogP contribution in [0.25, 0.3) is 0 Å². The van der Waals surface area contributed by atoms with Crippen LogP contribution in [0.3, 0.4) is 0 Å². The van der Waals surface area contributed by atoms with Gasteiger partial charge in [-0.1, -0.05) is 13.3 Å². The topological polar surface area (TPSA) is 58.2 Å². The Bertz CT molecular complexity index is 521. The van der Waals surface area contributed by atoms with Gasteiger partial charge in [0.25, 0.3) is 0 Å². The molecule has 0 saturated heterocycles. The summed E-state index contributed by atoms with van der Waals surface area (Å²) >= 11 is 1.38. The minimum Gasteiger partial charge on any atom is -0.317 e. The van der Waals surface area contributed by atoms with Crippen LogP contribution in [0, 0.1) is 5.92 Å². The van der Waals surface area contributed by atoms with Gasteiger partial charge in [-0.15, -0.1) is 11.3 Å². The van der Waals surface area contributed by atoms with Gasteiger partial charge in [0.05, 0.1) is 0 Å². The second-order valence-corrected chi connectivity index (χ2v) is 8.53. The van der Waals surface area contributed by atoms with Crippen molar-refractivity contribution in [2.75, 3.05) is 13.1 Å². The van der Waals surface area contributed by atoms with E-state index in [0.717, 1.165) is 37.2 Å². The number of hydrogen-bond donors (Lipinski definition) is 2. The molecule has 1 heterocycles. The number of likely N-dealkylation sites (N-methyl/N-ethyl adjacent to an activating group) is 1. The molecule has 0 radical (unpaired) electrons. The van der Waals surface area contributed by atoms with E-state index in [2.05, 4.69) is 17.0 Å². The van der Waals surface area contributed by atoms with Gasteiger partial charge in [-0.05, 0) is 57.3 Å². The Hall–Kier alpha value is -0.430. The lowest BCUT2D eigenvalue weighted by Crippen LogP contribution is -2.40. The van der Waals surface area contributed by atoms with Crippen molar-refractivity contribution in [1.82, 2.24) is 10.0 Å². The first-order chi connectivity index (χ1) is 9.53. The summed E-state index contributed by atoms with van der Waals surface area (Å²) in [6, 6.07) is 3.69. The number of nitrogens with one attached hydrogen (secondary N) is 2. The molecule has 20 heavy (non-hydrogen) atoms. The Kier molecular flexibility index (Phi) is 5.60. The molecule has 0 aliphatic heterocycles. The maximum Gasteiger partial charge on any atom is 0.250 e. The maximum atomic E-state index is 12.3. The lowest BCUT2D eigenvalue weighted by Gasteiger charge is -2.31. The van der Waals surface area contributed by atoms with Crippen LogP contribution in [0.5, 0.6) is 0 Å². The smallest absolute Gasteiger partial charge is 0.250 e. The summed E-state index contributed by atoms with van der Waals surface area (Å²) in [7, 11) is -3.34. The van der Waals surface area contributed by atoms with Crippen LogP contribution in [0.4, 0.5) is 0 Å². The van der Waals surface area contributed by atoms with Crippen molar-refractivity contribution in [2.45, 2.75) is 49.8 Å². The third kappa shape index (κ3) is 4.04. The van der Waals surface area contributed by atoms with Crippen molar-refractivity contribution in [1.29, 1.82) is 0 Å². The van der Waals surface area contributed by atoms with Crippen LogP contribution in [0.15, 0.2) is 16.3 Å². The molecule has 1 aliphatic carbocycles. The maximum absolute atomic E-state index is 12.3. The first-order valence-corrected chi connectivity index (χ1v) is 9.64. The molecule has 1 aromatic heterocycles. The first kappa shape index (κ1) is 15.9. The van der Waals surface area contributed by atoms with Gasteiger partial charge in [-0.3, -0.25) is 0 Å². The van der Waals surface area contributed by atoms with E-state index in [-0.39, 0.29) is 6.04 Å². The quantitative estimate of drug-likeness (QED) is 0.724. The average Bonchev–Trinajstić information content (AvgIpc) is 2.75. The molecule has 1 atom stereocenters. The zero-order valence-electron chi connectivity index (χ0n) is 12.2. The summed E-state index contributed by atoms with van der Waals surface area (Å²) in [4.78, 5) is 1.11. The van der Waals surface area contributed by atoms with Gasteiger partial charge in [0.1, 0.15) is 4.21 Å². The van der Waals surface area contributed by atoms with Crippen molar-refractivity contribution in [2.24, 2.45) is 5.92 Å². The fourth-order valence-electron chi connectivity index (χ4n) is 2.36. The van der Waals surface area contributed by atoms with Crippen molar-refractivity contribution >= 4 is 21.4 Å². The Morgan fingerprint density at radius 3 is 2.75 bits per heavy atom. The zero-order valence-corrected chi connectivity index (χ0v) is 13.8. The number of hydrogen-bond acceptors (Lipinski definition) is 4. The molecule has 2 rings (SSSR count). The summed E-state index contributed by atoms with van der Waals surface area (Å²) in [5.74, 6) is 0.512. The molecule has 1 aromatic rings. The van der Waals surface area contributed by atoms with E-state index in [1.54, 1.807) is 6.07 Å². The molecular weight excluding hydrogens is 292 g/mol. The van der Waals surface area contributed by atoms with E-state index in [1.165, 1.54) is 17.8 Å². The molecule has 4 nitrogen and oxygen atoms in total.